The van der Waals surface area contributed by atoms with Crippen molar-refractivity contribution in [1.82, 2.24) is 10.2 Å². The first kappa shape index (κ1) is 13.4. The van der Waals surface area contributed by atoms with Crippen LogP contribution in [0, 0.1) is 5.92 Å². The van der Waals surface area contributed by atoms with Gasteiger partial charge < -0.3 is 10.2 Å². The van der Waals surface area contributed by atoms with Crippen LogP contribution in [-0.4, -0.2) is 36.6 Å². The zero-order valence-electron chi connectivity index (χ0n) is 11.8. The van der Waals surface area contributed by atoms with Crippen molar-refractivity contribution < 1.29 is 0 Å². The Bertz CT molecular complexity index is 217. The van der Waals surface area contributed by atoms with Gasteiger partial charge in [0.15, 0.2) is 0 Å². The van der Waals surface area contributed by atoms with Crippen molar-refractivity contribution in [2.75, 3.05) is 19.6 Å². The fourth-order valence-electron chi connectivity index (χ4n) is 3.59. The predicted molar refractivity (Wildman–Crippen MR) is 74.3 cm³/mol. The lowest BCUT2D eigenvalue weighted by atomic mass is 9.87. The van der Waals surface area contributed by atoms with Gasteiger partial charge in [-0.05, 0) is 57.5 Å². The number of hydrogen-bond donors (Lipinski definition) is 1. The number of nitrogens with zero attached hydrogens (tertiary/aromatic N) is 1. The van der Waals surface area contributed by atoms with Crippen molar-refractivity contribution in [3.05, 3.63) is 0 Å². The largest absolute Gasteiger partial charge is 0.314 e. The van der Waals surface area contributed by atoms with E-state index in [1.807, 2.05) is 0 Å². The molecule has 0 aromatic rings. The lowest BCUT2D eigenvalue weighted by Gasteiger charge is -2.41. The third-order valence-electron chi connectivity index (χ3n) is 4.53. The minimum absolute atomic E-state index is 0.797. The average molecular weight is 238 g/mol. The molecule has 2 heteroatoms. The molecule has 17 heavy (non-hydrogen) atoms. The molecule has 0 radical (unpaired) electrons. The molecule has 1 saturated carbocycles. The highest BCUT2D eigenvalue weighted by Gasteiger charge is 2.28. The molecule has 0 bridgehead atoms. The first-order valence-corrected chi connectivity index (χ1v) is 7.77. The van der Waals surface area contributed by atoms with Crippen molar-refractivity contribution >= 4 is 0 Å². The third-order valence-corrected chi connectivity index (χ3v) is 4.53. The Kier molecular flexibility index (Phi) is 5.30. The molecule has 0 aromatic carbocycles. The summed E-state index contributed by atoms with van der Waals surface area (Å²) in [6.07, 6.45) is 9.80. The molecule has 3 atom stereocenters. The topological polar surface area (TPSA) is 15.3 Å². The number of piperidine rings is 1. The maximum absolute atomic E-state index is 3.72. The van der Waals surface area contributed by atoms with Gasteiger partial charge >= 0.3 is 0 Å². The second-order valence-corrected chi connectivity index (χ2v) is 6.21. The standard InChI is InChI=1S/C15H30N2/c1-3-9-16-14-7-4-8-15(11-14)17-10-5-6-13(2)12-17/h13-16H,3-12H2,1-2H3. The number of hydrogen-bond acceptors (Lipinski definition) is 2. The molecule has 1 N–H and O–H groups in total. The fraction of sp³-hybridized carbons (Fsp3) is 1.00. The Labute approximate surface area is 107 Å². The Balaban J connectivity index is 1.79. The van der Waals surface area contributed by atoms with E-state index < -0.39 is 0 Å². The summed E-state index contributed by atoms with van der Waals surface area (Å²) in [5, 5.41) is 3.72. The van der Waals surface area contributed by atoms with Gasteiger partial charge in [-0.15, -0.1) is 0 Å². The molecule has 1 aliphatic carbocycles. The summed E-state index contributed by atoms with van der Waals surface area (Å²) in [6, 6.07) is 1.67. The van der Waals surface area contributed by atoms with Gasteiger partial charge in [0, 0.05) is 18.6 Å². The average Bonchev–Trinajstić information content (AvgIpc) is 2.37. The molecule has 0 spiro atoms. The number of rotatable bonds is 4. The first-order valence-electron chi connectivity index (χ1n) is 7.77. The number of nitrogens with one attached hydrogen (secondary N) is 1. The van der Waals surface area contributed by atoms with Gasteiger partial charge in [0.25, 0.3) is 0 Å². The SMILES string of the molecule is CCCNC1CCCC(N2CCCC(C)C2)C1. The van der Waals surface area contributed by atoms with E-state index >= 15 is 0 Å². The van der Waals surface area contributed by atoms with Crippen LogP contribution in [0.2, 0.25) is 0 Å². The van der Waals surface area contributed by atoms with Crippen molar-refractivity contribution in [3.63, 3.8) is 0 Å². The second kappa shape index (κ2) is 6.75. The smallest absolute Gasteiger partial charge is 0.0110 e. The van der Waals surface area contributed by atoms with E-state index in [-0.39, 0.29) is 0 Å². The predicted octanol–water partition coefficient (Wildman–Crippen LogP) is 3.03. The molecular weight excluding hydrogens is 208 g/mol. The second-order valence-electron chi connectivity index (χ2n) is 6.21. The van der Waals surface area contributed by atoms with E-state index in [0.717, 1.165) is 18.0 Å². The molecule has 1 saturated heterocycles. The van der Waals surface area contributed by atoms with Crippen molar-refractivity contribution in [2.24, 2.45) is 5.92 Å². The Hall–Kier alpha value is -0.0800. The highest BCUT2D eigenvalue weighted by molar-refractivity contribution is 4.86. The minimum Gasteiger partial charge on any atom is -0.314 e. The Morgan fingerprint density at radius 1 is 1.18 bits per heavy atom. The van der Waals surface area contributed by atoms with Crippen LogP contribution in [0.25, 0.3) is 0 Å². The highest BCUT2D eigenvalue weighted by Crippen LogP contribution is 2.27. The Morgan fingerprint density at radius 2 is 2.06 bits per heavy atom. The van der Waals surface area contributed by atoms with Gasteiger partial charge in [0.2, 0.25) is 0 Å². The van der Waals surface area contributed by atoms with Crippen molar-refractivity contribution in [3.8, 4) is 0 Å². The summed E-state index contributed by atoms with van der Waals surface area (Å²) in [5.74, 6) is 0.924. The maximum Gasteiger partial charge on any atom is 0.0110 e. The summed E-state index contributed by atoms with van der Waals surface area (Å²) in [4.78, 5) is 2.79. The van der Waals surface area contributed by atoms with E-state index in [2.05, 4.69) is 24.1 Å². The van der Waals surface area contributed by atoms with E-state index in [1.165, 1.54) is 64.6 Å². The van der Waals surface area contributed by atoms with Crippen molar-refractivity contribution in [2.45, 2.75) is 70.9 Å². The van der Waals surface area contributed by atoms with Gasteiger partial charge in [-0.25, -0.2) is 0 Å². The zero-order valence-corrected chi connectivity index (χ0v) is 11.8. The molecule has 100 valence electrons. The summed E-state index contributed by atoms with van der Waals surface area (Å²) >= 11 is 0. The van der Waals surface area contributed by atoms with E-state index in [1.54, 1.807) is 0 Å². The molecule has 2 rings (SSSR count). The van der Waals surface area contributed by atoms with Crippen LogP contribution in [0.3, 0.4) is 0 Å². The fourth-order valence-corrected chi connectivity index (χ4v) is 3.59. The van der Waals surface area contributed by atoms with Gasteiger partial charge in [-0.2, -0.15) is 0 Å². The lowest BCUT2D eigenvalue weighted by Crippen LogP contribution is -2.47. The molecule has 3 unspecified atom stereocenters. The van der Waals surface area contributed by atoms with E-state index in [9.17, 15) is 0 Å². The van der Waals surface area contributed by atoms with Crippen LogP contribution in [0.5, 0.6) is 0 Å². The molecule has 0 amide bonds. The van der Waals surface area contributed by atoms with E-state index in [4.69, 9.17) is 0 Å². The van der Waals surface area contributed by atoms with E-state index in [0.29, 0.717) is 0 Å². The first-order chi connectivity index (χ1) is 8.29. The Morgan fingerprint density at radius 3 is 2.82 bits per heavy atom. The molecule has 2 fully saturated rings. The van der Waals surface area contributed by atoms with Gasteiger partial charge in [0.05, 0.1) is 0 Å². The maximum atomic E-state index is 3.72. The molecule has 0 aromatic heterocycles. The summed E-state index contributed by atoms with van der Waals surface area (Å²) < 4.78 is 0. The lowest BCUT2D eigenvalue weighted by molar-refractivity contribution is 0.0936. The minimum atomic E-state index is 0.797. The van der Waals surface area contributed by atoms with Crippen LogP contribution in [0.4, 0.5) is 0 Å². The molecule has 2 nitrogen and oxygen atoms in total. The molecular formula is C15H30N2. The number of likely N-dealkylation sites (tertiary alicyclic amines) is 1. The molecule has 1 aliphatic heterocycles. The zero-order chi connectivity index (χ0) is 12.1. The highest BCUT2D eigenvalue weighted by atomic mass is 15.2. The van der Waals surface area contributed by atoms with Gasteiger partial charge in [-0.3, -0.25) is 0 Å². The van der Waals surface area contributed by atoms with Crippen LogP contribution >= 0.6 is 0 Å². The third kappa shape index (κ3) is 3.96. The summed E-state index contributed by atoms with van der Waals surface area (Å²) in [7, 11) is 0. The molecule has 2 aliphatic rings. The van der Waals surface area contributed by atoms with Crippen molar-refractivity contribution in [1.29, 1.82) is 0 Å². The summed E-state index contributed by atoms with van der Waals surface area (Å²) in [6.45, 7) is 8.59. The van der Waals surface area contributed by atoms with Crippen LogP contribution < -0.4 is 5.32 Å². The monoisotopic (exact) mass is 238 g/mol. The van der Waals surface area contributed by atoms with Crippen LogP contribution in [-0.2, 0) is 0 Å². The summed E-state index contributed by atoms with van der Waals surface area (Å²) in [5.41, 5.74) is 0. The van der Waals surface area contributed by atoms with Crippen LogP contribution in [0.15, 0.2) is 0 Å². The van der Waals surface area contributed by atoms with Crippen LogP contribution in [0.1, 0.15) is 58.8 Å². The van der Waals surface area contributed by atoms with Gasteiger partial charge in [0.1, 0.15) is 0 Å². The molecule has 1 heterocycles. The normalized spacial score (nSPS) is 36.0. The quantitative estimate of drug-likeness (QED) is 0.810. The van der Waals surface area contributed by atoms with Gasteiger partial charge in [-0.1, -0.05) is 20.3 Å².